The highest BCUT2D eigenvalue weighted by Crippen LogP contribution is 2.22. The van der Waals surface area contributed by atoms with Gasteiger partial charge in [0.05, 0.1) is 11.6 Å². The van der Waals surface area contributed by atoms with E-state index in [1.165, 1.54) is 11.3 Å². The van der Waals surface area contributed by atoms with Crippen molar-refractivity contribution in [2.24, 2.45) is 5.92 Å². The molecule has 1 aromatic rings. The minimum atomic E-state index is -0.141. The molecule has 2 heterocycles. The molecule has 2 amide bonds. The third-order valence-corrected chi connectivity index (χ3v) is 3.88. The van der Waals surface area contributed by atoms with Crippen molar-refractivity contribution in [3.8, 4) is 0 Å². The monoisotopic (exact) mass is 253 g/mol. The van der Waals surface area contributed by atoms with Crippen molar-refractivity contribution >= 4 is 28.3 Å². The van der Waals surface area contributed by atoms with Crippen molar-refractivity contribution in [2.75, 3.05) is 11.9 Å². The van der Waals surface area contributed by atoms with Crippen LogP contribution in [0.2, 0.25) is 0 Å². The van der Waals surface area contributed by atoms with Gasteiger partial charge in [0.25, 0.3) is 0 Å². The Morgan fingerprint density at radius 1 is 1.53 bits per heavy atom. The minimum Gasteiger partial charge on any atom is -0.355 e. The first-order valence-electron chi connectivity index (χ1n) is 5.58. The van der Waals surface area contributed by atoms with E-state index in [9.17, 15) is 9.59 Å². The minimum absolute atomic E-state index is 0.0231. The Labute approximate surface area is 104 Å². The van der Waals surface area contributed by atoms with Crippen LogP contribution in [0.1, 0.15) is 23.4 Å². The summed E-state index contributed by atoms with van der Waals surface area (Å²) in [5.41, 5.74) is 0.947. The summed E-state index contributed by atoms with van der Waals surface area (Å²) in [5.74, 6) is -0.175. The first-order valence-corrected chi connectivity index (χ1v) is 6.39. The molecule has 6 heteroatoms. The van der Waals surface area contributed by atoms with Crippen LogP contribution >= 0.6 is 11.3 Å². The van der Waals surface area contributed by atoms with E-state index >= 15 is 0 Å². The second-order valence-electron chi connectivity index (χ2n) is 4.19. The van der Waals surface area contributed by atoms with Crippen molar-refractivity contribution in [1.29, 1.82) is 0 Å². The Bertz CT molecular complexity index is 426. The molecule has 92 valence electrons. The van der Waals surface area contributed by atoms with Crippen molar-refractivity contribution in [1.82, 2.24) is 10.3 Å². The molecule has 1 saturated heterocycles. The van der Waals surface area contributed by atoms with Gasteiger partial charge >= 0.3 is 0 Å². The zero-order chi connectivity index (χ0) is 12.4. The number of hydrogen-bond acceptors (Lipinski definition) is 4. The highest BCUT2D eigenvalue weighted by Gasteiger charge is 2.25. The van der Waals surface area contributed by atoms with Gasteiger partial charge in [0.2, 0.25) is 11.8 Å². The molecule has 0 aliphatic carbocycles. The van der Waals surface area contributed by atoms with Crippen LogP contribution in [0, 0.1) is 19.8 Å². The molecule has 17 heavy (non-hydrogen) atoms. The predicted molar refractivity (Wildman–Crippen MR) is 66.0 cm³/mol. The summed E-state index contributed by atoms with van der Waals surface area (Å²) in [6, 6.07) is 0. The summed E-state index contributed by atoms with van der Waals surface area (Å²) < 4.78 is 0. The molecule has 1 aromatic heterocycles. The van der Waals surface area contributed by atoms with Crippen LogP contribution < -0.4 is 10.6 Å². The summed E-state index contributed by atoms with van der Waals surface area (Å²) in [6.07, 6.45) is 1.04. The average molecular weight is 253 g/mol. The van der Waals surface area contributed by atoms with Gasteiger partial charge in [-0.15, -0.1) is 11.3 Å². The zero-order valence-corrected chi connectivity index (χ0v) is 10.7. The second-order valence-corrected chi connectivity index (χ2v) is 5.39. The number of anilines is 1. The number of piperidine rings is 1. The van der Waals surface area contributed by atoms with Crippen molar-refractivity contribution < 1.29 is 9.59 Å². The number of aromatic nitrogens is 1. The Morgan fingerprint density at radius 3 is 2.82 bits per heavy atom. The van der Waals surface area contributed by atoms with Crippen LogP contribution in [0.4, 0.5) is 5.13 Å². The maximum atomic E-state index is 11.9. The van der Waals surface area contributed by atoms with E-state index in [0.717, 1.165) is 10.6 Å². The molecule has 2 N–H and O–H groups in total. The molecule has 1 aliphatic heterocycles. The van der Waals surface area contributed by atoms with E-state index in [-0.39, 0.29) is 17.7 Å². The van der Waals surface area contributed by atoms with Crippen LogP contribution in [-0.4, -0.2) is 23.3 Å². The van der Waals surface area contributed by atoms with E-state index in [1.54, 1.807) is 0 Å². The molecule has 1 fully saturated rings. The quantitative estimate of drug-likeness (QED) is 0.832. The summed E-state index contributed by atoms with van der Waals surface area (Å²) >= 11 is 1.48. The van der Waals surface area contributed by atoms with Crippen molar-refractivity contribution in [2.45, 2.75) is 26.7 Å². The van der Waals surface area contributed by atoms with Gasteiger partial charge in [-0.1, -0.05) is 0 Å². The number of carbonyl (C=O) groups excluding carboxylic acids is 2. The zero-order valence-electron chi connectivity index (χ0n) is 9.87. The van der Waals surface area contributed by atoms with Crippen molar-refractivity contribution in [3.05, 3.63) is 10.6 Å². The lowest BCUT2D eigenvalue weighted by Crippen LogP contribution is -2.40. The normalized spacial score (nSPS) is 19.9. The molecule has 0 radical (unpaired) electrons. The number of thiazole rings is 1. The largest absolute Gasteiger partial charge is 0.355 e. The van der Waals surface area contributed by atoms with Gasteiger partial charge in [-0.05, 0) is 20.3 Å². The fourth-order valence-electron chi connectivity index (χ4n) is 1.69. The topological polar surface area (TPSA) is 71.1 Å². The highest BCUT2D eigenvalue weighted by molar-refractivity contribution is 7.15. The van der Waals surface area contributed by atoms with Gasteiger partial charge in [0.1, 0.15) is 0 Å². The van der Waals surface area contributed by atoms with Crippen molar-refractivity contribution in [3.63, 3.8) is 0 Å². The molecule has 0 unspecified atom stereocenters. The van der Waals surface area contributed by atoms with Crippen LogP contribution in [0.3, 0.4) is 0 Å². The molecular formula is C11H15N3O2S. The maximum Gasteiger partial charge on any atom is 0.231 e. The molecule has 0 spiro atoms. The number of carbonyl (C=O) groups is 2. The number of hydrogen-bond donors (Lipinski definition) is 2. The Balaban J connectivity index is 1.95. The average Bonchev–Trinajstić information content (AvgIpc) is 2.58. The Hall–Kier alpha value is -1.43. The fraction of sp³-hybridized carbons (Fsp3) is 0.545. The lowest BCUT2D eigenvalue weighted by Gasteiger charge is -2.20. The fourth-order valence-corrected chi connectivity index (χ4v) is 2.51. The van der Waals surface area contributed by atoms with E-state index in [0.29, 0.717) is 24.5 Å². The number of nitrogens with zero attached hydrogens (tertiary/aromatic N) is 1. The smallest absolute Gasteiger partial charge is 0.231 e. The van der Waals surface area contributed by atoms with Crippen LogP contribution in [0.25, 0.3) is 0 Å². The van der Waals surface area contributed by atoms with Gasteiger partial charge in [0, 0.05) is 17.8 Å². The van der Waals surface area contributed by atoms with Gasteiger partial charge in [-0.3, -0.25) is 9.59 Å². The molecule has 1 aliphatic rings. The Kier molecular flexibility index (Phi) is 3.42. The highest BCUT2D eigenvalue weighted by atomic mass is 32.1. The third kappa shape index (κ3) is 2.82. The molecular weight excluding hydrogens is 238 g/mol. The van der Waals surface area contributed by atoms with Crippen LogP contribution in [0.15, 0.2) is 0 Å². The first kappa shape index (κ1) is 12.0. The standard InChI is InChI=1S/C11H15N3O2S/c1-6-7(2)17-11(13-6)14-10(16)8-3-4-9(15)12-5-8/h8H,3-5H2,1-2H3,(H,12,15)(H,13,14,16)/t8-/m1/s1. The van der Waals surface area contributed by atoms with E-state index < -0.39 is 0 Å². The summed E-state index contributed by atoms with van der Waals surface area (Å²) in [5, 5.41) is 6.14. The SMILES string of the molecule is Cc1nc(NC(=O)[C@@H]2CCC(=O)NC2)sc1C. The molecule has 0 saturated carbocycles. The lowest BCUT2D eigenvalue weighted by molar-refractivity contribution is -0.126. The molecule has 0 aromatic carbocycles. The van der Waals surface area contributed by atoms with E-state index in [2.05, 4.69) is 15.6 Å². The van der Waals surface area contributed by atoms with Crippen LogP contribution in [0.5, 0.6) is 0 Å². The first-order chi connectivity index (χ1) is 8.06. The van der Waals surface area contributed by atoms with Gasteiger partial charge in [0.15, 0.2) is 5.13 Å². The van der Waals surface area contributed by atoms with E-state index in [4.69, 9.17) is 0 Å². The van der Waals surface area contributed by atoms with Gasteiger partial charge in [-0.2, -0.15) is 0 Å². The molecule has 5 nitrogen and oxygen atoms in total. The number of aryl methyl sites for hydroxylation is 2. The molecule has 2 rings (SSSR count). The summed E-state index contributed by atoms with van der Waals surface area (Å²) in [6.45, 7) is 4.32. The van der Waals surface area contributed by atoms with Gasteiger partial charge < -0.3 is 10.6 Å². The van der Waals surface area contributed by atoms with Gasteiger partial charge in [-0.25, -0.2) is 4.98 Å². The Morgan fingerprint density at radius 2 is 2.29 bits per heavy atom. The number of nitrogens with one attached hydrogen (secondary N) is 2. The summed E-state index contributed by atoms with van der Waals surface area (Å²) in [7, 11) is 0. The maximum absolute atomic E-state index is 11.9. The molecule has 0 bridgehead atoms. The van der Waals surface area contributed by atoms with E-state index in [1.807, 2.05) is 13.8 Å². The third-order valence-electron chi connectivity index (χ3n) is 2.89. The lowest BCUT2D eigenvalue weighted by atomic mass is 9.98. The second kappa shape index (κ2) is 4.83. The predicted octanol–water partition coefficient (Wildman–Crippen LogP) is 1.22. The van der Waals surface area contributed by atoms with Crippen LogP contribution in [-0.2, 0) is 9.59 Å². The number of rotatable bonds is 2. The molecule has 1 atom stereocenters. The summed E-state index contributed by atoms with van der Waals surface area (Å²) in [4.78, 5) is 28.3. The number of amides is 2.